The fourth-order valence-corrected chi connectivity index (χ4v) is 2.27. The molecule has 0 saturated carbocycles. The maximum Gasteiger partial charge on any atom is 0.123 e. The van der Waals surface area contributed by atoms with Gasteiger partial charge in [0.2, 0.25) is 0 Å². The average molecular weight is 302 g/mol. The second-order valence-corrected chi connectivity index (χ2v) is 5.54. The van der Waals surface area contributed by atoms with Crippen molar-refractivity contribution < 1.29 is 4.39 Å². The van der Waals surface area contributed by atoms with Crippen LogP contribution >= 0.6 is 0 Å². The van der Waals surface area contributed by atoms with Gasteiger partial charge in [0.05, 0.1) is 0 Å². The zero-order valence-electron chi connectivity index (χ0n) is 14.1. The number of hydrogen-bond acceptors (Lipinski definition) is 1. The molecule has 0 aliphatic rings. The summed E-state index contributed by atoms with van der Waals surface area (Å²) in [5.74, 6) is -0.177. The number of rotatable bonds is 5. The molecule has 2 aromatic rings. The van der Waals surface area contributed by atoms with Gasteiger partial charge in [-0.2, -0.15) is 0 Å². The highest BCUT2D eigenvalue weighted by Crippen LogP contribution is 2.17. The molecule has 0 bridgehead atoms. The first-order valence-electron chi connectivity index (χ1n) is 7.67. The third kappa shape index (κ3) is 5.49. The van der Waals surface area contributed by atoms with Gasteiger partial charge in [0.1, 0.15) is 5.82 Å². The standard InChI is InChI=1S/C18H22FN.CH5N/c1-14(2)5-4-6-15(3)9-11-20-12-10-16-13-17(19)7-8-18(16)20;1-2/h5,7-10,12-13H,4,6,11H2,1-3H3;2H2,1H3/b15-9+;. The van der Waals surface area contributed by atoms with E-state index in [0.717, 1.165) is 30.3 Å². The molecule has 0 fully saturated rings. The van der Waals surface area contributed by atoms with E-state index in [1.165, 1.54) is 24.3 Å². The van der Waals surface area contributed by atoms with Crippen molar-refractivity contribution in [2.75, 3.05) is 7.05 Å². The fraction of sp³-hybridized carbons (Fsp3) is 0.368. The molecule has 0 spiro atoms. The Labute approximate surface area is 133 Å². The molecule has 1 aromatic carbocycles. The molecule has 0 unspecified atom stereocenters. The molecule has 1 heterocycles. The predicted octanol–water partition coefficient (Wildman–Crippen LogP) is 5.05. The molecule has 2 rings (SSSR count). The topological polar surface area (TPSA) is 30.9 Å². The summed E-state index contributed by atoms with van der Waals surface area (Å²) in [5.41, 5.74) is 8.35. The summed E-state index contributed by atoms with van der Waals surface area (Å²) in [6.45, 7) is 7.27. The van der Waals surface area contributed by atoms with Gasteiger partial charge in [0.25, 0.3) is 0 Å². The Balaban J connectivity index is 0.00000116. The normalized spacial score (nSPS) is 11.1. The number of aromatic nitrogens is 1. The summed E-state index contributed by atoms with van der Waals surface area (Å²) < 4.78 is 15.3. The summed E-state index contributed by atoms with van der Waals surface area (Å²) in [5, 5.41) is 0.959. The Morgan fingerprint density at radius 3 is 2.55 bits per heavy atom. The molecule has 120 valence electrons. The van der Waals surface area contributed by atoms with Gasteiger partial charge in [-0.25, -0.2) is 4.39 Å². The number of nitrogens with two attached hydrogens (primary N) is 1. The predicted molar refractivity (Wildman–Crippen MR) is 94.4 cm³/mol. The Bertz CT molecular complexity index is 646. The summed E-state index contributed by atoms with van der Waals surface area (Å²) in [6.07, 6.45) is 8.73. The first-order chi connectivity index (χ1) is 10.6. The van der Waals surface area contributed by atoms with Crippen LogP contribution in [0.1, 0.15) is 33.6 Å². The maximum absolute atomic E-state index is 13.1. The average Bonchev–Trinajstić information content (AvgIpc) is 2.89. The van der Waals surface area contributed by atoms with Crippen molar-refractivity contribution in [1.29, 1.82) is 0 Å². The van der Waals surface area contributed by atoms with E-state index in [0.29, 0.717) is 0 Å². The Hall–Kier alpha value is -1.87. The van der Waals surface area contributed by atoms with E-state index in [9.17, 15) is 4.39 Å². The zero-order valence-corrected chi connectivity index (χ0v) is 14.1. The molecule has 0 amide bonds. The third-order valence-corrected chi connectivity index (χ3v) is 3.46. The van der Waals surface area contributed by atoms with Crippen LogP contribution in [0.25, 0.3) is 10.9 Å². The molecule has 0 saturated heterocycles. The van der Waals surface area contributed by atoms with Crippen molar-refractivity contribution in [1.82, 2.24) is 4.57 Å². The second-order valence-electron chi connectivity index (χ2n) is 5.54. The van der Waals surface area contributed by atoms with Crippen molar-refractivity contribution >= 4 is 10.9 Å². The number of fused-ring (bicyclic) bond motifs is 1. The van der Waals surface area contributed by atoms with E-state index < -0.39 is 0 Å². The first kappa shape index (κ1) is 18.2. The van der Waals surface area contributed by atoms with Gasteiger partial charge in [-0.1, -0.05) is 23.3 Å². The first-order valence-corrected chi connectivity index (χ1v) is 7.67. The van der Waals surface area contributed by atoms with Crippen LogP contribution in [-0.4, -0.2) is 11.6 Å². The lowest BCUT2D eigenvalue weighted by Crippen LogP contribution is -1.93. The lowest BCUT2D eigenvalue weighted by molar-refractivity contribution is 0.629. The molecular weight excluding hydrogens is 275 g/mol. The molecular formula is C19H27FN2. The van der Waals surface area contributed by atoms with Gasteiger partial charge >= 0.3 is 0 Å². The smallest absolute Gasteiger partial charge is 0.123 e. The van der Waals surface area contributed by atoms with Gasteiger partial charge in [-0.15, -0.1) is 0 Å². The second kappa shape index (κ2) is 9.21. The highest BCUT2D eigenvalue weighted by Gasteiger charge is 2.01. The van der Waals surface area contributed by atoms with E-state index in [4.69, 9.17) is 0 Å². The minimum absolute atomic E-state index is 0.177. The third-order valence-electron chi connectivity index (χ3n) is 3.46. The molecule has 2 nitrogen and oxygen atoms in total. The minimum Gasteiger partial charge on any atom is -0.344 e. The molecule has 0 radical (unpaired) electrons. The Kier molecular flexibility index (Phi) is 7.61. The number of halogens is 1. The van der Waals surface area contributed by atoms with E-state index in [1.54, 1.807) is 6.07 Å². The van der Waals surface area contributed by atoms with Gasteiger partial charge < -0.3 is 10.3 Å². The van der Waals surface area contributed by atoms with Crippen LogP contribution in [0.15, 0.2) is 53.8 Å². The van der Waals surface area contributed by atoms with Crippen LogP contribution in [0.2, 0.25) is 0 Å². The molecule has 0 aliphatic carbocycles. The highest BCUT2D eigenvalue weighted by atomic mass is 19.1. The van der Waals surface area contributed by atoms with Crippen LogP contribution in [0.3, 0.4) is 0 Å². The van der Waals surface area contributed by atoms with Crippen LogP contribution < -0.4 is 5.73 Å². The number of nitrogens with zero attached hydrogens (tertiary/aromatic N) is 1. The summed E-state index contributed by atoms with van der Waals surface area (Å²) in [4.78, 5) is 0. The lowest BCUT2D eigenvalue weighted by Gasteiger charge is -2.04. The number of allylic oxidation sites excluding steroid dienone is 4. The van der Waals surface area contributed by atoms with Crippen molar-refractivity contribution in [2.45, 2.75) is 40.2 Å². The largest absolute Gasteiger partial charge is 0.344 e. The van der Waals surface area contributed by atoms with Gasteiger partial charge in [-0.3, -0.25) is 0 Å². The molecule has 0 aliphatic heterocycles. The molecule has 2 N–H and O–H groups in total. The zero-order chi connectivity index (χ0) is 16.5. The number of benzene rings is 1. The van der Waals surface area contributed by atoms with Crippen molar-refractivity contribution in [3.05, 3.63) is 59.6 Å². The van der Waals surface area contributed by atoms with Crippen molar-refractivity contribution in [2.24, 2.45) is 5.73 Å². The summed E-state index contributed by atoms with van der Waals surface area (Å²) in [7, 11) is 1.50. The van der Waals surface area contributed by atoms with Gasteiger partial charge in [-0.05, 0) is 64.9 Å². The lowest BCUT2D eigenvalue weighted by atomic mass is 10.1. The highest BCUT2D eigenvalue weighted by molar-refractivity contribution is 5.80. The molecule has 3 heteroatoms. The maximum atomic E-state index is 13.1. The quantitative estimate of drug-likeness (QED) is 0.770. The minimum atomic E-state index is -0.177. The van der Waals surface area contributed by atoms with Crippen molar-refractivity contribution in [3.8, 4) is 0 Å². The number of hydrogen-bond donors (Lipinski definition) is 1. The molecule has 22 heavy (non-hydrogen) atoms. The Morgan fingerprint density at radius 1 is 1.14 bits per heavy atom. The van der Waals surface area contributed by atoms with Crippen LogP contribution in [-0.2, 0) is 6.54 Å². The monoisotopic (exact) mass is 302 g/mol. The molecule has 1 aromatic heterocycles. The van der Waals surface area contributed by atoms with E-state index >= 15 is 0 Å². The van der Waals surface area contributed by atoms with E-state index in [2.05, 4.69) is 43.2 Å². The fourth-order valence-electron chi connectivity index (χ4n) is 2.27. The van der Waals surface area contributed by atoms with Crippen molar-refractivity contribution in [3.63, 3.8) is 0 Å². The van der Waals surface area contributed by atoms with Crippen LogP contribution in [0, 0.1) is 5.82 Å². The van der Waals surface area contributed by atoms with Crippen LogP contribution in [0.5, 0.6) is 0 Å². The Morgan fingerprint density at radius 2 is 1.86 bits per heavy atom. The van der Waals surface area contributed by atoms with Gasteiger partial charge in [0, 0.05) is 23.6 Å². The van der Waals surface area contributed by atoms with E-state index in [-0.39, 0.29) is 5.82 Å². The van der Waals surface area contributed by atoms with Crippen LogP contribution in [0.4, 0.5) is 4.39 Å². The summed E-state index contributed by atoms with van der Waals surface area (Å²) in [6, 6.07) is 6.91. The summed E-state index contributed by atoms with van der Waals surface area (Å²) >= 11 is 0. The van der Waals surface area contributed by atoms with E-state index in [1.807, 2.05) is 18.3 Å². The SMILES string of the molecule is CC(C)=CCC/C(C)=C/Cn1ccc2cc(F)ccc21.CN. The van der Waals surface area contributed by atoms with Gasteiger partial charge in [0.15, 0.2) is 0 Å². The molecule has 0 atom stereocenters.